The van der Waals surface area contributed by atoms with Gasteiger partial charge in [-0.15, -0.1) is 0 Å². The van der Waals surface area contributed by atoms with Crippen LogP contribution < -0.4 is 0 Å². The number of nitrogens with zero attached hydrogens (tertiary/aromatic N) is 2. The minimum atomic E-state index is 0.632. The molecular formula is C13H15ClN2O. The van der Waals surface area contributed by atoms with Crippen molar-refractivity contribution in [3.05, 3.63) is 47.1 Å². The molecule has 17 heavy (non-hydrogen) atoms. The summed E-state index contributed by atoms with van der Waals surface area (Å²) in [4.78, 5) is 4.54. The van der Waals surface area contributed by atoms with Crippen LogP contribution in [0.4, 0.5) is 0 Å². The van der Waals surface area contributed by atoms with Gasteiger partial charge < -0.3 is 9.14 Å². The summed E-state index contributed by atoms with van der Waals surface area (Å²) in [6.07, 6.45) is 4.44. The highest BCUT2D eigenvalue weighted by atomic mass is 35.5. The lowest BCUT2D eigenvalue weighted by atomic mass is 10.3. The Morgan fingerprint density at radius 1 is 1.53 bits per heavy atom. The van der Waals surface area contributed by atoms with E-state index in [9.17, 15) is 0 Å². The van der Waals surface area contributed by atoms with Crippen molar-refractivity contribution in [3.63, 3.8) is 0 Å². The summed E-state index contributed by atoms with van der Waals surface area (Å²) in [6.45, 7) is 8.43. The second-order valence-electron chi connectivity index (χ2n) is 3.95. The van der Waals surface area contributed by atoms with E-state index in [1.807, 2.05) is 36.7 Å². The van der Waals surface area contributed by atoms with Crippen molar-refractivity contribution in [1.29, 1.82) is 0 Å². The highest BCUT2D eigenvalue weighted by Crippen LogP contribution is 2.17. The molecule has 90 valence electrons. The topological polar surface area (TPSA) is 26.5 Å². The van der Waals surface area contributed by atoms with Crippen molar-refractivity contribution >= 4 is 17.2 Å². The number of imidazole rings is 1. The lowest BCUT2D eigenvalue weighted by Gasteiger charge is -2.03. The van der Waals surface area contributed by atoms with Crippen LogP contribution in [0.25, 0.3) is 5.65 Å². The van der Waals surface area contributed by atoms with E-state index in [4.69, 9.17) is 16.3 Å². The van der Waals surface area contributed by atoms with Crippen LogP contribution in [-0.2, 0) is 11.2 Å². The summed E-state index contributed by atoms with van der Waals surface area (Å²) >= 11 is 6.00. The molecule has 0 atom stereocenters. The van der Waals surface area contributed by atoms with Gasteiger partial charge in [-0.2, -0.15) is 0 Å². The second kappa shape index (κ2) is 4.80. The molecule has 2 aromatic heterocycles. The molecule has 0 fully saturated rings. The third-order valence-electron chi connectivity index (χ3n) is 2.48. The van der Waals surface area contributed by atoms with E-state index >= 15 is 0 Å². The maximum atomic E-state index is 6.00. The van der Waals surface area contributed by atoms with E-state index in [2.05, 4.69) is 11.6 Å². The molecular weight excluding hydrogens is 236 g/mol. The lowest BCUT2D eigenvalue weighted by molar-refractivity contribution is 0.224. The van der Waals surface area contributed by atoms with Gasteiger partial charge in [0.2, 0.25) is 0 Å². The maximum absolute atomic E-state index is 6.00. The molecule has 0 spiro atoms. The molecule has 4 heteroatoms. The Labute approximate surface area is 106 Å². The normalized spacial score (nSPS) is 10.8. The lowest BCUT2D eigenvalue weighted by Crippen LogP contribution is -1.94. The van der Waals surface area contributed by atoms with Crippen LogP contribution in [0.3, 0.4) is 0 Å². The molecule has 0 aliphatic heterocycles. The van der Waals surface area contributed by atoms with E-state index < -0.39 is 0 Å². The SMILES string of the molecule is C=C(Cc1cn2cc(Cl)cc(C)c2n1)OCC. The van der Waals surface area contributed by atoms with Gasteiger partial charge >= 0.3 is 0 Å². The number of hydrogen-bond acceptors (Lipinski definition) is 2. The minimum Gasteiger partial charge on any atom is -0.498 e. The fourth-order valence-electron chi connectivity index (χ4n) is 1.82. The first-order valence-corrected chi connectivity index (χ1v) is 5.92. The minimum absolute atomic E-state index is 0.632. The Bertz CT molecular complexity index is 560. The number of aryl methyl sites for hydroxylation is 1. The molecule has 3 nitrogen and oxygen atoms in total. The largest absolute Gasteiger partial charge is 0.498 e. The number of pyridine rings is 1. The van der Waals surface area contributed by atoms with Crippen LogP contribution in [0.2, 0.25) is 5.02 Å². The summed E-state index contributed by atoms with van der Waals surface area (Å²) < 4.78 is 7.26. The Morgan fingerprint density at radius 3 is 3.00 bits per heavy atom. The van der Waals surface area contributed by atoms with Gasteiger partial charge in [0.1, 0.15) is 5.65 Å². The highest BCUT2D eigenvalue weighted by Gasteiger charge is 2.07. The van der Waals surface area contributed by atoms with Crippen molar-refractivity contribution in [2.24, 2.45) is 0 Å². The molecule has 0 radical (unpaired) electrons. The molecule has 0 saturated carbocycles. The van der Waals surface area contributed by atoms with Gasteiger partial charge in [0.15, 0.2) is 0 Å². The van der Waals surface area contributed by atoms with E-state index in [0.717, 1.165) is 22.7 Å². The number of allylic oxidation sites excluding steroid dienone is 1. The molecule has 0 aliphatic carbocycles. The van der Waals surface area contributed by atoms with E-state index in [0.29, 0.717) is 18.1 Å². The van der Waals surface area contributed by atoms with E-state index in [-0.39, 0.29) is 0 Å². The first kappa shape index (κ1) is 12.0. The first-order chi connectivity index (χ1) is 8.10. The van der Waals surface area contributed by atoms with Crippen LogP contribution in [-0.4, -0.2) is 16.0 Å². The average molecular weight is 251 g/mol. The smallest absolute Gasteiger partial charge is 0.140 e. The average Bonchev–Trinajstić information content (AvgIpc) is 2.60. The van der Waals surface area contributed by atoms with Crippen molar-refractivity contribution in [2.45, 2.75) is 20.3 Å². The van der Waals surface area contributed by atoms with Gasteiger partial charge in [0.05, 0.1) is 23.1 Å². The van der Waals surface area contributed by atoms with Crippen molar-refractivity contribution in [1.82, 2.24) is 9.38 Å². The van der Waals surface area contributed by atoms with Crippen molar-refractivity contribution in [3.8, 4) is 0 Å². The predicted octanol–water partition coefficient (Wildman–Crippen LogP) is 3.39. The summed E-state index contributed by atoms with van der Waals surface area (Å²) in [7, 11) is 0. The molecule has 2 aromatic rings. The number of hydrogen-bond donors (Lipinski definition) is 0. The zero-order chi connectivity index (χ0) is 12.4. The summed E-state index contributed by atoms with van der Waals surface area (Å²) in [5.74, 6) is 0.736. The van der Waals surface area contributed by atoms with Gasteiger partial charge in [0, 0.05) is 18.8 Å². The van der Waals surface area contributed by atoms with Crippen molar-refractivity contribution < 1.29 is 4.74 Å². The van der Waals surface area contributed by atoms with Crippen molar-refractivity contribution in [2.75, 3.05) is 6.61 Å². The molecule has 0 bridgehead atoms. The molecule has 0 N–H and O–H groups in total. The third kappa shape index (κ3) is 2.61. The zero-order valence-corrected chi connectivity index (χ0v) is 10.8. The Hall–Kier alpha value is -1.48. The van der Waals surface area contributed by atoms with E-state index in [1.54, 1.807) is 0 Å². The van der Waals surface area contributed by atoms with Crippen LogP contribution in [0, 0.1) is 6.92 Å². The number of fused-ring (bicyclic) bond motifs is 1. The van der Waals surface area contributed by atoms with Gasteiger partial charge in [-0.25, -0.2) is 4.98 Å². The van der Waals surface area contributed by atoms with Gasteiger partial charge in [-0.05, 0) is 25.5 Å². The Kier molecular flexibility index (Phi) is 3.38. The monoisotopic (exact) mass is 250 g/mol. The number of rotatable bonds is 4. The van der Waals surface area contributed by atoms with E-state index in [1.165, 1.54) is 0 Å². The third-order valence-corrected chi connectivity index (χ3v) is 2.69. The number of ether oxygens (including phenoxy) is 1. The molecule has 0 aromatic carbocycles. The number of halogens is 1. The highest BCUT2D eigenvalue weighted by molar-refractivity contribution is 6.30. The van der Waals surface area contributed by atoms with Crippen LogP contribution in [0.5, 0.6) is 0 Å². The van der Waals surface area contributed by atoms with Gasteiger partial charge in [-0.1, -0.05) is 18.2 Å². The maximum Gasteiger partial charge on any atom is 0.140 e. The fraction of sp³-hybridized carbons (Fsp3) is 0.308. The summed E-state index contributed by atoms with van der Waals surface area (Å²) in [5, 5.41) is 0.711. The molecule has 0 unspecified atom stereocenters. The standard InChI is InChI=1S/C13H15ClN2O/c1-4-17-10(3)6-12-8-16-7-11(14)5-9(2)13(16)15-12/h5,7-8H,3-4,6H2,1-2H3. The molecule has 0 aliphatic rings. The Morgan fingerprint density at radius 2 is 2.29 bits per heavy atom. The van der Waals surface area contributed by atoms with Gasteiger partial charge in [-0.3, -0.25) is 0 Å². The molecule has 0 saturated heterocycles. The van der Waals surface area contributed by atoms with Crippen LogP contribution in [0.1, 0.15) is 18.2 Å². The molecule has 2 rings (SSSR count). The first-order valence-electron chi connectivity index (χ1n) is 5.54. The molecule has 0 amide bonds. The Balaban J connectivity index is 2.32. The second-order valence-corrected chi connectivity index (χ2v) is 4.39. The van der Waals surface area contributed by atoms with Crippen LogP contribution >= 0.6 is 11.6 Å². The summed E-state index contributed by atoms with van der Waals surface area (Å²) in [6, 6.07) is 1.91. The quantitative estimate of drug-likeness (QED) is 0.778. The number of aromatic nitrogens is 2. The van der Waals surface area contributed by atoms with Gasteiger partial charge in [0.25, 0.3) is 0 Å². The predicted molar refractivity (Wildman–Crippen MR) is 69.4 cm³/mol. The summed E-state index contributed by atoms with van der Waals surface area (Å²) in [5.41, 5.74) is 2.92. The zero-order valence-electron chi connectivity index (χ0n) is 10.0. The molecule has 2 heterocycles. The fourth-order valence-corrected chi connectivity index (χ4v) is 2.09. The van der Waals surface area contributed by atoms with Crippen LogP contribution in [0.15, 0.2) is 30.8 Å².